The number of anilines is 1. The van der Waals surface area contributed by atoms with Gasteiger partial charge in [0.2, 0.25) is 0 Å². The summed E-state index contributed by atoms with van der Waals surface area (Å²) in [6, 6.07) is 3.70. The molecule has 1 atom stereocenters. The van der Waals surface area contributed by atoms with Gasteiger partial charge in [-0.3, -0.25) is 4.79 Å². The van der Waals surface area contributed by atoms with E-state index in [9.17, 15) is 4.79 Å². The van der Waals surface area contributed by atoms with Gasteiger partial charge in [0.25, 0.3) is 5.91 Å². The van der Waals surface area contributed by atoms with Crippen molar-refractivity contribution in [1.82, 2.24) is 10.5 Å². The van der Waals surface area contributed by atoms with Gasteiger partial charge in [-0.15, -0.1) is 0 Å². The van der Waals surface area contributed by atoms with E-state index in [1.54, 1.807) is 12.3 Å². The minimum absolute atomic E-state index is 0.287. The average Bonchev–Trinajstić information content (AvgIpc) is 2.61. The molecule has 0 aromatic carbocycles. The molecule has 3 rings (SSSR count). The van der Waals surface area contributed by atoms with E-state index >= 15 is 0 Å². The molecule has 0 aliphatic carbocycles. The summed E-state index contributed by atoms with van der Waals surface area (Å²) in [6.07, 6.45) is 6.58. The van der Waals surface area contributed by atoms with Crippen LogP contribution in [0.15, 0.2) is 18.3 Å². The summed E-state index contributed by atoms with van der Waals surface area (Å²) in [4.78, 5) is 24.1. The summed E-state index contributed by atoms with van der Waals surface area (Å²) >= 11 is 0. The smallest absolute Gasteiger partial charge is 0.276 e. The Kier molecular flexibility index (Phi) is 5.46. The number of hydrogen-bond donors (Lipinski definition) is 1. The molecule has 0 bridgehead atoms. The third kappa shape index (κ3) is 4.42. The fourth-order valence-electron chi connectivity index (χ4n) is 2.93. The monoisotopic (exact) mass is 319 g/mol. The third-order valence-corrected chi connectivity index (χ3v) is 4.54. The maximum Gasteiger partial charge on any atom is 0.276 e. The van der Waals surface area contributed by atoms with E-state index in [-0.39, 0.29) is 12.2 Å². The van der Waals surface area contributed by atoms with Crippen molar-refractivity contribution < 1.29 is 14.4 Å². The van der Waals surface area contributed by atoms with Crippen molar-refractivity contribution >= 4 is 11.7 Å². The molecule has 2 fully saturated rings. The highest BCUT2D eigenvalue weighted by Crippen LogP contribution is 2.21. The molecule has 3 heterocycles. The van der Waals surface area contributed by atoms with E-state index in [2.05, 4.69) is 22.3 Å². The Hall–Kier alpha value is -1.66. The normalized spacial score (nSPS) is 22.8. The molecule has 1 N–H and O–H groups in total. The topological polar surface area (TPSA) is 63.7 Å². The molecule has 1 amide bonds. The number of amides is 1. The Morgan fingerprint density at radius 2 is 2.13 bits per heavy atom. The van der Waals surface area contributed by atoms with Crippen LogP contribution >= 0.6 is 0 Å². The fourth-order valence-corrected chi connectivity index (χ4v) is 2.93. The van der Waals surface area contributed by atoms with Crippen molar-refractivity contribution in [2.75, 3.05) is 24.6 Å². The largest absolute Gasteiger partial charge is 0.357 e. The number of aromatic nitrogens is 1. The number of nitrogens with one attached hydrogen (secondary N) is 1. The molecule has 1 aromatic rings. The lowest BCUT2D eigenvalue weighted by atomic mass is 9.99. The molecule has 6 heteroatoms. The van der Waals surface area contributed by atoms with Crippen LogP contribution in [0.25, 0.3) is 0 Å². The highest BCUT2D eigenvalue weighted by Gasteiger charge is 2.18. The van der Waals surface area contributed by atoms with E-state index in [4.69, 9.17) is 9.57 Å². The Labute approximate surface area is 137 Å². The van der Waals surface area contributed by atoms with Crippen LogP contribution in [0.4, 0.5) is 5.82 Å². The van der Waals surface area contributed by atoms with Gasteiger partial charge in [-0.2, -0.15) is 0 Å². The highest BCUT2D eigenvalue weighted by molar-refractivity contribution is 5.93. The summed E-state index contributed by atoms with van der Waals surface area (Å²) in [6.45, 7) is 5.03. The summed E-state index contributed by atoms with van der Waals surface area (Å²) < 4.78 is 5.41. The fraction of sp³-hybridized carbons (Fsp3) is 0.647. The van der Waals surface area contributed by atoms with Gasteiger partial charge in [-0.25, -0.2) is 15.3 Å². The molecular weight excluding hydrogens is 294 g/mol. The first-order chi connectivity index (χ1) is 11.2. The van der Waals surface area contributed by atoms with E-state index < -0.39 is 0 Å². The number of carbonyl (C=O) groups is 1. The molecule has 1 unspecified atom stereocenters. The van der Waals surface area contributed by atoms with Gasteiger partial charge in [-0.1, -0.05) is 6.92 Å². The van der Waals surface area contributed by atoms with E-state index in [1.807, 2.05) is 6.07 Å². The zero-order valence-corrected chi connectivity index (χ0v) is 13.7. The van der Waals surface area contributed by atoms with E-state index in [0.717, 1.165) is 44.1 Å². The number of pyridine rings is 1. The highest BCUT2D eigenvalue weighted by atomic mass is 16.8. The summed E-state index contributed by atoms with van der Waals surface area (Å²) in [5, 5.41) is 0. The van der Waals surface area contributed by atoms with Crippen molar-refractivity contribution in [3.05, 3.63) is 23.9 Å². The van der Waals surface area contributed by atoms with Crippen LogP contribution in [0, 0.1) is 5.92 Å². The van der Waals surface area contributed by atoms with Crippen molar-refractivity contribution in [3.63, 3.8) is 0 Å². The molecule has 23 heavy (non-hydrogen) atoms. The molecule has 2 aliphatic heterocycles. The van der Waals surface area contributed by atoms with Gasteiger partial charge in [0.05, 0.1) is 5.56 Å². The van der Waals surface area contributed by atoms with E-state index in [1.165, 1.54) is 12.8 Å². The lowest BCUT2D eigenvalue weighted by Gasteiger charge is -2.31. The van der Waals surface area contributed by atoms with Gasteiger partial charge >= 0.3 is 0 Å². The average molecular weight is 319 g/mol. The van der Waals surface area contributed by atoms with Crippen molar-refractivity contribution in [3.8, 4) is 0 Å². The van der Waals surface area contributed by atoms with Crippen molar-refractivity contribution in [2.45, 2.75) is 45.3 Å². The number of hydrogen-bond acceptors (Lipinski definition) is 5. The predicted octanol–water partition coefficient (Wildman–Crippen LogP) is 2.51. The number of nitrogens with zero attached hydrogens (tertiary/aromatic N) is 2. The molecule has 0 spiro atoms. The zero-order valence-electron chi connectivity index (χ0n) is 13.7. The molecule has 0 radical (unpaired) electrons. The molecule has 2 aliphatic rings. The van der Waals surface area contributed by atoms with Crippen LogP contribution in [-0.4, -0.2) is 36.9 Å². The minimum atomic E-state index is -0.338. The molecule has 6 nitrogen and oxygen atoms in total. The van der Waals surface area contributed by atoms with Gasteiger partial charge in [-0.05, 0) is 43.7 Å². The quantitative estimate of drug-likeness (QED) is 0.864. The van der Waals surface area contributed by atoms with Gasteiger partial charge in [0, 0.05) is 32.3 Å². The van der Waals surface area contributed by atoms with Crippen LogP contribution in [0.2, 0.25) is 0 Å². The van der Waals surface area contributed by atoms with Crippen molar-refractivity contribution in [1.29, 1.82) is 0 Å². The zero-order chi connectivity index (χ0) is 16.1. The number of ether oxygens (including phenoxy) is 1. The molecule has 126 valence electrons. The second kappa shape index (κ2) is 7.75. The van der Waals surface area contributed by atoms with Crippen LogP contribution in [0.3, 0.4) is 0 Å². The Balaban J connectivity index is 1.50. The summed E-state index contributed by atoms with van der Waals surface area (Å²) in [7, 11) is 0. The third-order valence-electron chi connectivity index (χ3n) is 4.54. The maximum atomic E-state index is 12.1. The standard InChI is InChI=1S/C17H25N3O3/c1-13-7-9-20(10-8-13)15-6-5-14(12-18-15)17(21)19-23-16-4-2-3-11-22-16/h5-6,12-13,16H,2-4,7-11H2,1H3,(H,19,21). The first-order valence-corrected chi connectivity index (χ1v) is 8.51. The number of piperidine rings is 1. The molecular formula is C17H25N3O3. The summed E-state index contributed by atoms with van der Waals surface area (Å²) in [5.74, 6) is 1.44. The number of hydroxylamine groups is 1. The van der Waals surface area contributed by atoms with Crippen LogP contribution in [0.5, 0.6) is 0 Å². The Morgan fingerprint density at radius 3 is 2.78 bits per heavy atom. The Bertz CT molecular complexity index is 506. The van der Waals surface area contributed by atoms with Crippen molar-refractivity contribution in [2.24, 2.45) is 5.92 Å². The van der Waals surface area contributed by atoms with Gasteiger partial charge in [0.15, 0.2) is 6.29 Å². The Morgan fingerprint density at radius 1 is 1.30 bits per heavy atom. The lowest BCUT2D eigenvalue weighted by molar-refractivity contribution is -0.186. The van der Waals surface area contributed by atoms with Crippen LogP contribution in [0.1, 0.15) is 49.4 Å². The SMILES string of the molecule is CC1CCN(c2ccc(C(=O)NOC3CCCCO3)cn2)CC1. The lowest BCUT2D eigenvalue weighted by Crippen LogP contribution is -2.34. The van der Waals surface area contributed by atoms with Crippen LogP contribution < -0.4 is 10.4 Å². The number of rotatable bonds is 4. The predicted molar refractivity (Wildman–Crippen MR) is 87.0 cm³/mol. The second-order valence-corrected chi connectivity index (χ2v) is 6.42. The molecule has 1 aromatic heterocycles. The van der Waals surface area contributed by atoms with Crippen LogP contribution in [-0.2, 0) is 9.57 Å². The summed E-state index contributed by atoms with van der Waals surface area (Å²) in [5.41, 5.74) is 2.95. The minimum Gasteiger partial charge on any atom is -0.357 e. The molecule has 2 saturated heterocycles. The number of carbonyl (C=O) groups excluding carboxylic acids is 1. The first kappa shape index (κ1) is 16.2. The maximum absolute atomic E-state index is 12.1. The van der Waals surface area contributed by atoms with E-state index in [0.29, 0.717) is 12.2 Å². The second-order valence-electron chi connectivity index (χ2n) is 6.42. The first-order valence-electron chi connectivity index (χ1n) is 8.51. The van der Waals surface area contributed by atoms with Gasteiger partial charge in [0.1, 0.15) is 5.82 Å². The molecule has 0 saturated carbocycles. The van der Waals surface area contributed by atoms with Gasteiger partial charge < -0.3 is 9.64 Å².